The number of carboxylic acids is 1. The molecule has 0 saturated carbocycles. The molecule has 0 heterocycles. The van der Waals surface area contributed by atoms with Crippen LogP contribution in [0.2, 0.25) is 0 Å². The molecule has 2 N–H and O–H groups in total. The van der Waals surface area contributed by atoms with Gasteiger partial charge in [0.15, 0.2) is 0 Å². The average molecular weight is 166 g/mol. The number of allylic oxidation sites excluding steroid dienone is 2. The normalized spacial score (nSPS) is 28.1. The van der Waals surface area contributed by atoms with Gasteiger partial charge in [-0.25, -0.2) is 4.79 Å². The Morgan fingerprint density at radius 2 is 2.00 bits per heavy atom. The molecule has 2 atom stereocenters. The zero-order chi connectivity index (χ0) is 8.97. The van der Waals surface area contributed by atoms with Crippen molar-refractivity contribution in [1.82, 2.24) is 0 Å². The van der Waals surface area contributed by atoms with Gasteiger partial charge in [-0.3, -0.25) is 0 Å². The Morgan fingerprint density at radius 1 is 1.33 bits per heavy atom. The highest BCUT2D eigenvalue weighted by atomic mass is 16.4. The lowest BCUT2D eigenvalue weighted by molar-refractivity contribution is -0.131. The van der Waals surface area contributed by atoms with E-state index in [1.807, 2.05) is 0 Å². The van der Waals surface area contributed by atoms with E-state index in [9.17, 15) is 9.90 Å². The van der Waals surface area contributed by atoms with E-state index in [1.165, 1.54) is 6.08 Å². The standard InChI is InChI=1S/C9H10O3/c10-8-4-2-1-3-7(8)5-6-9(11)12/h1-8,10H,(H,11,12). The third-order valence-electron chi connectivity index (χ3n) is 1.61. The highest BCUT2D eigenvalue weighted by Crippen LogP contribution is 2.13. The summed E-state index contributed by atoms with van der Waals surface area (Å²) in [6.07, 6.45) is 8.79. The van der Waals surface area contributed by atoms with E-state index in [4.69, 9.17) is 5.11 Å². The van der Waals surface area contributed by atoms with Gasteiger partial charge in [0.25, 0.3) is 0 Å². The number of rotatable bonds is 2. The maximum Gasteiger partial charge on any atom is 0.327 e. The molecule has 0 aromatic heterocycles. The fourth-order valence-electron chi connectivity index (χ4n) is 0.984. The van der Waals surface area contributed by atoms with E-state index >= 15 is 0 Å². The van der Waals surface area contributed by atoms with Gasteiger partial charge < -0.3 is 10.2 Å². The molecule has 64 valence electrons. The van der Waals surface area contributed by atoms with Crippen molar-refractivity contribution in [3.8, 4) is 0 Å². The summed E-state index contributed by atoms with van der Waals surface area (Å²) in [5.74, 6) is -1.21. The van der Waals surface area contributed by atoms with Crippen molar-refractivity contribution in [1.29, 1.82) is 0 Å². The molecule has 0 aliphatic heterocycles. The number of hydrogen-bond acceptors (Lipinski definition) is 2. The number of aliphatic hydroxyl groups is 1. The Labute approximate surface area is 70.3 Å². The summed E-state index contributed by atoms with van der Waals surface area (Å²) >= 11 is 0. The Hall–Kier alpha value is -1.35. The minimum atomic E-state index is -0.995. The first-order chi connectivity index (χ1) is 5.70. The summed E-state index contributed by atoms with van der Waals surface area (Å²) in [6, 6.07) is 0. The van der Waals surface area contributed by atoms with Gasteiger partial charge in [0.2, 0.25) is 0 Å². The largest absolute Gasteiger partial charge is 0.478 e. The molecule has 2 unspecified atom stereocenters. The first-order valence-electron chi connectivity index (χ1n) is 3.64. The Kier molecular flexibility index (Phi) is 2.82. The van der Waals surface area contributed by atoms with E-state index in [0.717, 1.165) is 6.08 Å². The summed E-state index contributed by atoms with van der Waals surface area (Å²) in [5.41, 5.74) is 0. The van der Waals surface area contributed by atoms with Gasteiger partial charge in [-0.15, -0.1) is 0 Å². The van der Waals surface area contributed by atoms with Crippen molar-refractivity contribution in [3.63, 3.8) is 0 Å². The SMILES string of the molecule is O=C(O)C=CC1C=CC=CC1O. The second kappa shape index (κ2) is 3.88. The summed E-state index contributed by atoms with van der Waals surface area (Å²) in [5, 5.41) is 17.6. The van der Waals surface area contributed by atoms with E-state index in [-0.39, 0.29) is 5.92 Å². The van der Waals surface area contributed by atoms with Crippen LogP contribution >= 0.6 is 0 Å². The quantitative estimate of drug-likeness (QED) is 0.594. The van der Waals surface area contributed by atoms with E-state index in [2.05, 4.69) is 0 Å². The Morgan fingerprint density at radius 3 is 2.58 bits per heavy atom. The van der Waals surface area contributed by atoms with Crippen molar-refractivity contribution in [2.75, 3.05) is 0 Å². The lowest BCUT2D eigenvalue weighted by atomic mass is 9.97. The highest BCUT2D eigenvalue weighted by Gasteiger charge is 2.11. The summed E-state index contributed by atoms with van der Waals surface area (Å²) < 4.78 is 0. The Bertz CT molecular complexity index is 250. The second-order valence-electron chi connectivity index (χ2n) is 2.54. The number of carbonyl (C=O) groups is 1. The van der Waals surface area contributed by atoms with Crippen LogP contribution in [0.25, 0.3) is 0 Å². The molecule has 3 nitrogen and oxygen atoms in total. The summed E-state index contributed by atoms with van der Waals surface area (Å²) in [4.78, 5) is 10.1. The molecule has 1 rings (SSSR count). The molecule has 0 radical (unpaired) electrons. The van der Waals surface area contributed by atoms with E-state index < -0.39 is 12.1 Å². The fourth-order valence-corrected chi connectivity index (χ4v) is 0.984. The molecule has 0 amide bonds. The van der Waals surface area contributed by atoms with Crippen LogP contribution < -0.4 is 0 Å². The topological polar surface area (TPSA) is 57.5 Å². The number of aliphatic hydroxyl groups excluding tert-OH is 1. The van der Waals surface area contributed by atoms with Crippen molar-refractivity contribution < 1.29 is 15.0 Å². The highest BCUT2D eigenvalue weighted by molar-refractivity contribution is 5.79. The third kappa shape index (κ3) is 2.36. The van der Waals surface area contributed by atoms with Crippen LogP contribution in [0.1, 0.15) is 0 Å². The van der Waals surface area contributed by atoms with Crippen molar-refractivity contribution >= 4 is 5.97 Å². The maximum atomic E-state index is 10.1. The molecule has 1 aliphatic carbocycles. The smallest absolute Gasteiger partial charge is 0.327 e. The molecule has 0 aromatic rings. The molecule has 0 bridgehead atoms. The van der Waals surface area contributed by atoms with Gasteiger partial charge >= 0.3 is 5.97 Å². The molecule has 12 heavy (non-hydrogen) atoms. The van der Waals surface area contributed by atoms with Crippen molar-refractivity contribution in [2.45, 2.75) is 6.10 Å². The molecular weight excluding hydrogens is 156 g/mol. The zero-order valence-corrected chi connectivity index (χ0v) is 6.42. The molecule has 0 spiro atoms. The third-order valence-corrected chi connectivity index (χ3v) is 1.61. The van der Waals surface area contributed by atoms with Crippen LogP contribution in [-0.4, -0.2) is 22.3 Å². The van der Waals surface area contributed by atoms with Gasteiger partial charge in [0.1, 0.15) is 0 Å². The van der Waals surface area contributed by atoms with Crippen LogP contribution in [0.4, 0.5) is 0 Å². The number of hydrogen-bond donors (Lipinski definition) is 2. The van der Waals surface area contributed by atoms with Crippen LogP contribution in [0.15, 0.2) is 36.5 Å². The molecule has 3 heteroatoms. The van der Waals surface area contributed by atoms with Crippen LogP contribution in [-0.2, 0) is 4.79 Å². The maximum absolute atomic E-state index is 10.1. The number of carboxylic acid groups (broad SMARTS) is 1. The van der Waals surface area contributed by atoms with Crippen LogP contribution in [0, 0.1) is 5.92 Å². The first kappa shape index (κ1) is 8.74. The average Bonchev–Trinajstić information content (AvgIpc) is 2.03. The van der Waals surface area contributed by atoms with Crippen molar-refractivity contribution in [3.05, 3.63) is 36.5 Å². The monoisotopic (exact) mass is 166 g/mol. The summed E-state index contributed by atoms with van der Waals surface area (Å²) in [7, 11) is 0. The van der Waals surface area contributed by atoms with Gasteiger partial charge in [0.05, 0.1) is 6.10 Å². The molecule has 1 aliphatic rings. The lowest BCUT2D eigenvalue weighted by Gasteiger charge is -2.14. The molecule has 0 saturated heterocycles. The first-order valence-corrected chi connectivity index (χ1v) is 3.64. The minimum Gasteiger partial charge on any atom is -0.478 e. The predicted octanol–water partition coefficient (Wildman–Crippen LogP) is 0.730. The van der Waals surface area contributed by atoms with Crippen LogP contribution in [0.5, 0.6) is 0 Å². The van der Waals surface area contributed by atoms with Gasteiger partial charge in [-0.1, -0.05) is 30.4 Å². The molecule has 0 fully saturated rings. The summed E-state index contributed by atoms with van der Waals surface area (Å²) in [6.45, 7) is 0. The van der Waals surface area contributed by atoms with Gasteiger partial charge in [-0.2, -0.15) is 0 Å². The van der Waals surface area contributed by atoms with Gasteiger partial charge in [0, 0.05) is 12.0 Å². The van der Waals surface area contributed by atoms with E-state index in [1.54, 1.807) is 24.3 Å². The lowest BCUT2D eigenvalue weighted by Crippen LogP contribution is -2.15. The predicted molar refractivity (Wildman–Crippen MR) is 44.6 cm³/mol. The molecule has 0 aromatic carbocycles. The van der Waals surface area contributed by atoms with Gasteiger partial charge in [-0.05, 0) is 0 Å². The Balaban J connectivity index is 2.58. The second-order valence-corrected chi connectivity index (χ2v) is 2.54. The zero-order valence-electron chi connectivity index (χ0n) is 6.42. The molecular formula is C9H10O3. The van der Waals surface area contributed by atoms with Crippen LogP contribution in [0.3, 0.4) is 0 Å². The fraction of sp³-hybridized carbons (Fsp3) is 0.222. The minimum absolute atomic E-state index is 0.217. The number of aliphatic carboxylic acids is 1. The van der Waals surface area contributed by atoms with Crippen molar-refractivity contribution in [2.24, 2.45) is 5.92 Å². The van der Waals surface area contributed by atoms with E-state index in [0.29, 0.717) is 0 Å².